The van der Waals surface area contributed by atoms with E-state index in [9.17, 15) is 15.0 Å². The third-order valence-electron chi connectivity index (χ3n) is 5.17. The van der Waals surface area contributed by atoms with Crippen LogP contribution in [0.4, 0.5) is 0 Å². The molecule has 1 rings (SSSR count). The number of aliphatic hydroxyl groups excluding tert-OH is 1. The summed E-state index contributed by atoms with van der Waals surface area (Å²) in [6, 6.07) is 0. The SMILES string of the molecule is CCCCCC(C)(O)C=CC1CCC(O)C1CC=CCCCC(=O)O. The zero-order valence-electron chi connectivity index (χ0n) is 15.9. The maximum atomic E-state index is 10.5. The van der Waals surface area contributed by atoms with Crippen LogP contribution in [0.1, 0.15) is 78.1 Å². The predicted octanol–water partition coefficient (Wildman–Crippen LogP) is 4.46. The topological polar surface area (TPSA) is 77.8 Å². The Morgan fingerprint density at radius 3 is 2.64 bits per heavy atom. The first-order chi connectivity index (χ1) is 11.9. The van der Waals surface area contributed by atoms with E-state index in [0.717, 1.165) is 51.4 Å². The molecule has 4 nitrogen and oxygen atoms in total. The van der Waals surface area contributed by atoms with Crippen LogP contribution in [0.15, 0.2) is 24.3 Å². The lowest BCUT2D eigenvalue weighted by atomic mass is 9.88. The molecule has 0 aliphatic heterocycles. The number of carboxylic acids is 1. The van der Waals surface area contributed by atoms with E-state index in [1.807, 2.05) is 19.1 Å². The van der Waals surface area contributed by atoms with E-state index in [0.29, 0.717) is 12.3 Å². The second kappa shape index (κ2) is 11.5. The van der Waals surface area contributed by atoms with E-state index in [4.69, 9.17) is 5.11 Å². The third-order valence-corrected chi connectivity index (χ3v) is 5.17. The Hall–Kier alpha value is -1.13. The Balaban J connectivity index is 2.45. The van der Waals surface area contributed by atoms with Crippen LogP contribution in [0.2, 0.25) is 0 Å². The van der Waals surface area contributed by atoms with Gasteiger partial charge in [-0.3, -0.25) is 4.79 Å². The van der Waals surface area contributed by atoms with Crippen LogP contribution >= 0.6 is 0 Å². The zero-order chi connectivity index (χ0) is 18.7. The number of allylic oxidation sites excluding steroid dienone is 3. The van der Waals surface area contributed by atoms with Crippen LogP contribution in [0.3, 0.4) is 0 Å². The van der Waals surface area contributed by atoms with Crippen molar-refractivity contribution < 1.29 is 20.1 Å². The van der Waals surface area contributed by atoms with Gasteiger partial charge in [0.25, 0.3) is 0 Å². The van der Waals surface area contributed by atoms with E-state index in [1.165, 1.54) is 0 Å². The maximum absolute atomic E-state index is 10.5. The summed E-state index contributed by atoms with van der Waals surface area (Å²) in [6.07, 6.45) is 16.1. The van der Waals surface area contributed by atoms with Gasteiger partial charge in [0, 0.05) is 6.42 Å². The molecule has 0 aromatic carbocycles. The lowest BCUT2D eigenvalue weighted by Crippen LogP contribution is -2.22. The molecule has 4 heteroatoms. The van der Waals surface area contributed by atoms with E-state index in [-0.39, 0.29) is 18.4 Å². The zero-order valence-corrected chi connectivity index (χ0v) is 15.9. The van der Waals surface area contributed by atoms with Crippen molar-refractivity contribution in [3.63, 3.8) is 0 Å². The molecule has 25 heavy (non-hydrogen) atoms. The molecule has 0 amide bonds. The minimum absolute atomic E-state index is 0.193. The van der Waals surface area contributed by atoms with E-state index in [2.05, 4.69) is 19.1 Å². The van der Waals surface area contributed by atoms with Crippen molar-refractivity contribution in [1.82, 2.24) is 0 Å². The predicted molar refractivity (Wildman–Crippen MR) is 101 cm³/mol. The van der Waals surface area contributed by atoms with Crippen molar-refractivity contribution >= 4 is 5.97 Å². The van der Waals surface area contributed by atoms with Crippen LogP contribution < -0.4 is 0 Å². The lowest BCUT2D eigenvalue weighted by Gasteiger charge is -2.22. The van der Waals surface area contributed by atoms with Crippen molar-refractivity contribution in [2.45, 2.75) is 89.8 Å². The summed E-state index contributed by atoms with van der Waals surface area (Å²) in [5.41, 5.74) is -0.764. The fourth-order valence-corrected chi connectivity index (χ4v) is 3.54. The van der Waals surface area contributed by atoms with Gasteiger partial charge in [-0.1, -0.05) is 50.5 Å². The largest absolute Gasteiger partial charge is 0.481 e. The summed E-state index contributed by atoms with van der Waals surface area (Å²) in [5.74, 6) is -0.259. The summed E-state index contributed by atoms with van der Waals surface area (Å²) >= 11 is 0. The summed E-state index contributed by atoms with van der Waals surface area (Å²) in [4.78, 5) is 10.5. The van der Waals surface area contributed by atoms with Gasteiger partial charge in [0.05, 0.1) is 11.7 Å². The molecule has 1 saturated carbocycles. The van der Waals surface area contributed by atoms with Crippen LogP contribution in [0.5, 0.6) is 0 Å². The molecule has 1 fully saturated rings. The van der Waals surface area contributed by atoms with Gasteiger partial charge in [-0.25, -0.2) is 0 Å². The molecule has 0 aromatic rings. The van der Waals surface area contributed by atoms with Gasteiger partial charge < -0.3 is 15.3 Å². The van der Waals surface area contributed by atoms with E-state index < -0.39 is 11.6 Å². The number of carboxylic acid groups (broad SMARTS) is 1. The fourth-order valence-electron chi connectivity index (χ4n) is 3.54. The molecular formula is C21H36O4. The quantitative estimate of drug-likeness (QED) is 0.358. The van der Waals surface area contributed by atoms with Gasteiger partial charge in [0.1, 0.15) is 0 Å². The molecule has 0 radical (unpaired) electrons. The van der Waals surface area contributed by atoms with Crippen molar-refractivity contribution in [1.29, 1.82) is 0 Å². The van der Waals surface area contributed by atoms with Crippen LogP contribution in [-0.4, -0.2) is 33.0 Å². The number of aliphatic carboxylic acids is 1. The van der Waals surface area contributed by atoms with Crippen molar-refractivity contribution in [2.75, 3.05) is 0 Å². The molecule has 3 N–H and O–H groups in total. The van der Waals surface area contributed by atoms with Gasteiger partial charge >= 0.3 is 5.97 Å². The number of hydrogen-bond donors (Lipinski definition) is 3. The van der Waals surface area contributed by atoms with Crippen LogP contribution in [-0.2, 0) is 4.79 Å². The Kier molecular flexibility index (Phi) is 10.1. The second-order valence-electron chi connectivity index (χ2n) is 7.64. The number of unbranched alkanes of at least 4 members (excludes halogenated alkanes) is 3. The third kappa shape index (κ3) is 9.22. The molecule has 0 heterocycles. The van der Waals surface area contributed by atoms with Gasteiger partial charge in [-0.15, -0.1) is 0 Å². The van der Waals surface area contributed by atoms with Gasteiger partial charge in [0.2, 0.25) is 0 Å². The fraction of sp³-hybridized carbons (Fsp3) is 0.762. The molecule has 0 aromatic heterocycles. The van der Waals surface area contributed by atoms with Crippen LogP contribution in [0.25, 0.3) is 0 Å². The minimum atomic E-state index is -0.764. The van der Waals surface area contributed by atoms with Crippen molar-refractivity contribution in [2.24, 2.45) is 11.8 Å². The second-order valence-corrected chi connectivity index (χ2v) is 7.64. The highest BCUT2D eigenvalue weighted by molar-refractivity contribution is 5.66. The molecule has 4 atom stereocenters. The Morgan fingerprint density at radius 2 is 1.96 bits per heavy atom. The molecular weight excluding hydrogens is 316 g/mol. The molecule has 1 aliphatic carbocycles. The minimum Gasteiger partial charge on any atom is -0.481 e. The Bertz CT molecular complexity index is 439. The monoisotopic (exact) mass is 352 g/mol. The summed E-state index contributed by atoms with van der Waals surface area (Å²) < 4.78 is 0. The smallest absolute Gasteiger partial charge is 0.303 e. The molecule has 0 spiro atoms. The molecule has 4 unspecified atom stereocenters. The first kappa shape index (κ1) is 21.9. The highest BCUT2D eigenvalue weighted by Crippen LogP contribution is 2.36. The number of rotatable bonds is 12. The van der Waals surface area contributed by atoms with Crippen molar-refractivity contribution in [3.8, 4) is 0 Å². The maximum Gasteiger partial charge on any atom is 0.303 e. The Labute approximate surface area is 152 Å². The molecule has 144 valence electrons. The summed E-state index contributed by atoms with van der Waals surface area (Å²) in [6.45, 7) is 4.02. The summed E-state index contributed by atoms with van der Waals surface area (Å²) in [5, 5.41) is 29.3. The standard InChI is InChI=1S/C21H36O4/c1-3-4-9-15-21(2,25)16-14-17-12-13-19(22)18(17)10-7-5-6-8-11-20(23)24/h5,7,14,16-19,22,25H,3-4,6,8-13,15H2,1-2H3,(H,23,24). The van der Waals surface area contributed by atoms with E-state index in [1.54, 1.807) is 0 Å². The Morgan fingerprint density at radius 1 is 1.20 bits per heavy atom. The summed E-state index contributed by atoms with van der Waals surface area (Å²) in [7, 11) is 0. The van der Waals surface area contributed by atoms with Crippen LogP contribution in [0, 0.1) is 11.8 Å². The van der Waals surface area contributed by atoms with Gasteiger partial charge in [0.15, 0.2) is 0 Å². The number of aliphatic hydroxyl groups is 2. The molecule has 1 aliphatic rings. The van der Waals surface area contributed by atoms with E-state index >= 15 is 0 Å². The average Bonchev–Trinajstić information content (AvgIpc) is 2.89. The normalized spacial score (nSPS) is 26.5. The molecule has 0 saturated heterocycles. The lowest BCUT2D eigenvalue weighted by molar-refractivity contribution is -0.137. The first-order valence-corrected chi connectivity index (χ1v) is 9.82. The van der Waals surface area contributed by atoms with Crippen molar-refractivity contribution in [3.05, 3.63) is 24.3 Å². The number of carbonyl (C=O) groups is 1. The highest BCUT2D eigenvalue weighted by atomic mass is 16.4. The number of hydrogen-bond acceptors (Lipinski definition) is 3. The first-order valence-electron chi connectivity index (χ1n) is 9.82. The highest BCUT2D eigenvalue weighted by Gasteiger charge is 2.32. The average molecular weight is 353 g/mol. The molecule has 0 bridgehead atoms. The van der Waals surface area contributed by atoms with Gasteiger partial charge in [-0.2, -0.15) is 0 Å². The van der Waals surface area contributed by atoms with Gasteiger partial charge in [-0.05, 0) is 57.3 Å².